The van der Waals surface area contributed by atoms with Crippen molar-refractivity contribution in [1.29, 1.82) is 0 Å². The molecule has 1 unspecified atom stereocenters. The molecule has 126 valence electrons. The fourth-order valence-corrected chi connectivity index (χ4v) is 3.89. The summed E-state index contributed by atoms with van der Waals surface area (Å²) in [5.41, 5.74) is 4.12. The Balaban J connectivity index is 1.58. The molecular weight excluding hydrogens is 288 g/mol. The number of hydrogen-bond acceptors (Lipinski definition) is 3. The molecule has 0 spiro atoms. The molecule has 0 bridgehead atoms. The van der Waals surface area contributed by atoms with Gasteiger partial charge in [0.25, 0.3) is 0 Å². The number of hydrogen-bond donors (Lipinski definition) is 2. The summed E-state index contributed by atoms with van der Waals surface area (Å²) in [6, 6.07) is 6.84. The number of carbonyl (C=O) groups is 1. The molecule has 1 heterocycles. The van der Waals surface area contributed by atoms with Gasteiger partial charge in [-0.05, 0) is 68.7 Å². The normalized spacial score (nSPS) is 22.6. The topological polar surface area (TPSA) is 52.6 Å². The molecule has 2 atom stereocenters. The fraction of sp³-hybridized carbons (Fsp3) is 0.632. The number of aryl methyl sites for hydroxylation is 2. The molecule has 1 amide bonds. The molecule has 2 aliphatic rings. The van der Waals surface area contributed by atoms with Gasteiger partial charge in [0.15, 0.2) is 0 Å². The number of rotatable bonds is 5. The summed E-state index contributed by atoms with van der Waals surface area (Å²) in [5.74, 6) is 0.0515. The van der Waals surface area contributed by atoms with Crippen LogP contribution in [0.1, 0.15) is 55.3 Å². The van der Waals surface area contributed by atoms with Gasteiger partial charge in [-0.25, -0.2) is 0 Å². The Kier molecular flexibility index (Phi) is 5.34. The van der Waals surface area contributed by atoms with E-state index in [9.17, 15) is 9.90 Å². The maximum Gasteiger partial charge on any atom is 0.234 e. The second kappa shape index (κ2) is 7.45. The lowest BCUT2D eigenvalue weighted by Crippen LogP contribution is -2.41. The minimum absolute atomic E-state index is 0.0323. The van der Waals surface area contributed by atoms with Crippen LogP contribution in [0.5, 0.6) is 0 Å². The van der Waals surface area contributed by atoms with Crippen LogP contribution in [-0.4, -0.2) is 41.7 Å². The van der Waals surface area contributed by atoms with Crippen molar-refractivity contribution < 1.29 is 9.90 Å². The first kappa shape index (κ1) is 16.5. The Morgan fingerprint density at radius 2 is 2.09 bits per heavy atom. The van der Waals surface area contributed by atoms with Crippen molar-refractivity contribution in [2.75, 3.05) is 19.7 Å². The average Bonchev–Trinajstić information content (AvgIpc) is 3.01. The largest absolute Gasteiger partial charge is 0.395 e. The first-order chi connectivity index (χ1) is 11.2. The molecule has 4 nitrogen and oxygen atoms in total. The summed E-state index contributed by atoms with van der Waals surface area (Å²) in [4.78, 5) is 14.4. The number of carbonyl (C=O) groups excluding carboxylic acids is 1. The Morgan fingerprint density at radius 3 is 2.87 bits per heavy atom. The highest BCUT2D eigenvalue weighted by atomic mass is 16.3. The number of aliphatic hydroxyl groups is 1. The summed E-state index contributed by atoms with van der Waals surface area (Å²) in [6.07, 6.45) is 6.97. The maximum absolute atomic E-state index is 12.3. The zero-order chi connectivity index (χ0) is 16.2. The first-order valence-corrected chi connectivity index (χ1v) is 8.93. The lowest BCUT2D eigenvalue weighted by molar-refractivity contribution is -0.123. The summed E-state index contributed by atoms with van der Waals surface area (Å²) in [6.45, 7) is 3.50. The van der Waals surface area contributed by atoms with Gasteiger partial charge < -0.3 is 10.4 Å². The SMILES string of the molecule is CC(NC(=O)CN1CCC[C@@H]1CO)c1ccc2c(c1)CCCC2. The average molecular weight is 316 g/mol. The van der Waals surface area contributed by atoms with Crippen molar-refractivity contribution in [1.82, 2.24) is 10.2 Å². The quantitative estimate of drug-likeness (QED) is 0.875. The maximum atomic E-state index is 12.3. The number of likely N-dealkylation sites (tertiary alicyclic amines) is 1. The van der Waals surface area contributed by atoms with Gasteiger partial charge in [-0.3, -0.25) is 9.69 Å². The van der Waals surface area contributed by atoms with Gasteiger partial charge in [0, 0.05) is 6.04 Å². The Bertz CT molecular complexity index is 558. The van der Waals surface area contributed by atoms with Crippen molar-refractivity contribution in [3.63, 3.8) is 0 Å². The van der Waals surface area contributed by atoms with Gasteiger partial charge in [-0.15, -0.1) is 0 Å². The second-order valence-corrected chi connectivity index (χ2v) is 6.97. The number of benzene rings is 1. The summed E-state index contributed by atoms with van der Waals surface area (Å²) >= 11 is 0. The Morgan fingerprint density at radius 1 is 1.30 bits per heavy atom. The van der Waals surface area contributed by atoms with Crippen molar-refractivity contribution in [3.8, 4) is 0 Å². The standard InChI is InChI=1S/C19H28N2O2/c1-14(16-9-8-15-5-2-3-6-17(15)11-16)20-19(23)12-21-10-4-7-18(21)13-22/h8-9,11,14,18,22H,2-7,10,12-13H2,1H3,(H,20,23)/t14?,18-/m1/s1. The molecule has 1 saturated heterocycles. The van der Waals surface area contributed by atoms with Crippen LogP contribution in [0.25, 0.3) is 0 Å². The third-order valence-electron chi connectivity index (χ3n) is 5.31. The van der Waals surface area contributed by atoms with E-state index >= 15 is 0 Å². The molecule has 2 N–H and O–H groups in total. The van der Waals surface area contributed by atoms with E-state index in [0.29, 0.717) is 6.54 Å². The molecule has 1 aromatic carbocycles. The number of nitrogens with one attached hydrogen (secondary N) is 1. The third kappa shape index (κ3) is 3.93. The molecule has 0 radical (unpaired) electrons. The predicted octanol–water partition coefficient (Wildman–Crippen LogP) is 2.20. The van der Waals surface area contributed by atoms with Crippen LogP contribution in [0, 0.1) is 0 Å². The molecule has 3 rings (SSSR count). The fourth-order valence-electron chi connectivity index (χ4n) is 3.89. The van der Waals surface area contributed by atoms with Crippen molar-refractivity contribution in [2.24, 2.45) is 0 Å². The van der Waals surface area contributed by atoms with Crippen molar-refractivity contribution in [2.45, 2.75) is 57.5 Å². The van der Waals surface area contributed by atoms with E-state index < -0.39 is 0 Å². The molecule has 4 heteroatoms. The van der Waals surface area contributed by atoms with E-state index in [1.807, 2.05) is 0 Å². The van der Waals surface area contributed by atoms with E-state index in [4.69, 9.17) is 0 Å². The van der Waals surface area contributed by atoms with Crippen LogP contribution >= 0.6 is 0 Å². The lowest BCUT2D eigenvalue weighted by atomic mass is 9.89. The molecule has 23 heavy (non-hydrogen) atoms. The molecule has 1 aliphatic heterocycles. The molecule has 1 aromatic rings. The van der Waals surface area contributed by atoms with E-state index in [-0.39, 0.29) is 24.6 Å². The van der Waals surface area contributed by atoms with E-state index in [2.05, 4.69) is 35.3 Å². The predicted molar refractivity (Wildman–Crippen MR) is 91.3 cm³/mol. The Hall–Kier alpha value is -1.39. The lowest BCUT2D eigenvalue weighted by Gasteiger charge is -2.24. The molecule has 0 saturated carbocycles. The summed E-state index contributed by atoms with van der Waals surface area (Å²) < 4.78 is 0. The van der Waals surface area contributed by atoms with E-state index in [0.717, 1.165) is 25.8 Å². The molecule has 1 aliphatic carbocycles. The number of nitrogens with zero attached hydrogens (tertiary/aromatic N) is 1. The van der Waals surface area contributed by atoms with E-state index in [1.165, 1.54) is 36.0 Å². The van der Waals surface area contributed by atoms with E-state index in [1.54, 1.807) is 0 Å². The van der Waals surface area contributed by atoms with Crippen LogP contribution in [0.3, 0.4) is 0 Å². The third-order valence-corrected chi connectivity index (χ3v) is 5.31. The van der Waals surface area contributed by atoms with Crippen LogP contribution < -0.4 is 5.32 Å². The van der Waals surface area contributed by atoms with Gasteiger partial charge >= 0.3 is 0 Å². The number of aliphatic hydroxyl groups excluding tert-OH is 1. The summed E-state index contributed by atoms with van der Waals surface area (Å²) in [7, 11) is 0. The van der Waals surface area contributed by atoms with Crippen molar-refractivity contribution >= 4 is 5.91 Å². The molecule has 1 fully saturated rings. The van der Waals surface area contributed by atoms with Crippen LogP contribution in [0.4, 0.5) is 0 Å². The molecular formula is C19H28N2O2. The zero-order valence-electron chi connectivity index (χ0n) is 14.1. The number of fused-ring (bicyclic) bond motifs is 1. The first-order valence-electron chi connectivity index (χ1n) is 8.93. The van der Waals surface area contributed by atoms with Crippen LogP contribution in [0.15, 0.2) is 18.2 Å². The smallest absolute Gasteiger partial charge is 0.234 e. The van der Waals surface area contributed by atoms with Gasteiger partial charge in [-0.1, -0.05) is 18.2 Å². The van der Waals surface area contributed by atoms with Crippen molar-refractivity contribution in [3.05, 3.63) is 34.9 Å². The highest BCUT2D eigenvalue weighted by molar-refractivity contribution is 5.78. The van der Waals surface area contributed by atoms with Gasteiger partial charge in [0.05, 0.1) is 19.2 Å². The second-order valence-electron chi connectivity index (χ2n) is 6.97. The van der Waals surface area contributed by atoms with Gasteiger partial charge in [0.2, 0.25) is 5.91 Å². The zero-order valence-corrected chi connectivity index (χ0v) is 14.1. The highest BCUT2D eigenvalue weighted by Crippen LogP contribution is 2.25. The van der Waals surface area contributed by atoms with Gasteiger partial charge in [-0.2, -0.15) is 0 Å². The number of amides is 1. The highest BCUT2D eigenvalue weighted by Gasteiger charge is 2.25. The molecule has 0 aromatic heterocycles. The van der Waals surface area contributed by atoms with Gasteiger partial charge in [0.1, 0.15) is 0 Å². The monoisotopic (exact) mass is 316 g/mol. The Labute approximate surface area is 138 Å². The minimum atomic E-state index is 0.0323. The van der Waals surface area contributed by atoms with Crippen LogP contribution in [-0.2, 0) is 17.6 Å². The van der Waals surface area contributed by atoms with Crippen LogP contribution in [0.2, 0.25) is 0 Å². The summed E-state index contributed by atoms with van der Waals surface area (Å²) in [5, 5.41) is 12.5. The minimum Gasteiger partial charge on any atom is -0.395 e.